The van der Waals surface area contributed by atoms with Crippen molar-refractivity contribution in [1.29, 1.82) is 0 Å². The van der Waals surface area contributed by atoms with Crippen LogP contribution in [0.3, 0.4) is 0 Å². The van der Waals surface area contributed by atoms with E-state index in [1.807, 2.05) is 69.3 Å². The number of hydrogen-bond acceptors (Lipinski definition) is 4. The highest BCUT2D eigenvalue weighted by Crippen LogP contribution is 2.26. The molecule has 1 atom stereocenters. The second-order valence-corrected chi connectivity index (χ2v) is 6.10. The van der Waals surface area contributed by atoms with Gasteiger partial charge >= 0.3 is 0 Å². The Hall–Kier alpha value is -2.95. The summed E-state index contributed by atoms with van der Waals surface area (Å²) in [5.41, 5.74) is 3.58. The highest BCUT2D eigenvalue weighted by molar-refractivity contribution is 5.92. The van der Waals surface area contributed by atoms with Gasteiger partial charge in [0.1, 0.15) is 0 Å². The van der Waals surface area contributed by atoms with Crippen molar-refractivity contribution in [3.05, 3.63) is 54.1 Å². The Balaban J connectivity index is 1.77. The lowest BCUT2D eigenvalue weighted by molar-refractivity contribution is -0.119. The van der Waals surface area contributed by atoms with Crippen molar-refractivity contribution in [1.82, 2.24) is 10.2 Å². The van der Waals surface area contributed by atoms with E-state index in [0.717, 1.165) is 28.8 Å². The lowest BCUT2D eigenvalue weighted by Crippen LogP contribution is -2.19. The fourth-order valence-electron chi connectivity index (χ4n) is 2.41. The number of rotatable bonds is 5. The summed E-state index contributed by atoms with van der Waals surface area (Å²) in [4.78, 5) is 11.9. The molecule has 0 aliphatic heterocycles. The molecule has 2 aromatic carbocycles. The van der Waals surface area contributed by atoms with E-state index >= 15 is 0 Å². The Kier molecular flexibility index (Phi) is 4.93. The molecule has 128 valence electrons. The molecule has 1 amide bonds. The largest absolute Gasteiger partial charge is 0.416 e. The summed E-state index contributed by atoms with van der Waals surface area (Å²) >= 11 is 0. The quantitative estimate of drug-likeness (QED) is 0.734. The van der Waals surface area contributed by atoms with Crippen molar-refractivity contribution in [2.75, 3.05) is 5.32 Å². The minimum Gasteiger partial charge on any atom is -0.416 e. The molecular weight excluding hydrogens is 314 g/mol. The molecule has 0 fully saturated rings. The highest BCUT2D eigenvalue weighted by Gasteiger charge is 2.13. The van der Waals surface area contributed by atoms with Crippen LogP contribution in [0.4, 0.5) is 5.69 Å². The molecule has 5 nitrogen and oxygen atoms in total. The van der Waals surface area contributed by atoms with Gasteiger partial charge in [-0.2, -0.15) is 0 Å². The third-order valence-corrected chi connectivity index (χ3v) is 4.26. The van der Waals surface area contributed by atoms with Gasteiger partial charge in [-0.25, -0.2) is 0 Å². The van der Waals surface area contributed by atoms with Crippen LogP contribution >= 0.6 is 0 Å². The van der Waals surface area contributed by atoms with E-state index in [4.69, 9.17) is 4.42 Å². The first-order chi connectivity index (χ1) is 12.1. The second-order valence-electron chi connectivity index (χ2n) is 6.10. The lowest BCUT2D eigenvalue weighted by Gasteiger charge is -2.09. The lowest BCUT2D eigenvalue weighted by atomic mass is 10.1. The third kappa shape index (κ3) is 3.76. The van der Waals surface area contributed by atoms with E-state index < -0.39 is 0 Å². The number of amides is 1. The number of hydrogen-bond donors (Lipinski definition) is 1. The summed E-state index contributed by atoms with van der Waals surface area (Å²) in [6.07, 6.45) is 0.813. The Morgan fingerprint density at radius 3 is 2.44 bits per heavy atom. The molecule has 5 heteroatoms. The molecule has 3 aromatic rings. The van der Waals surface area contributed by atoms with Crippen molar-refractivity contribution < 1.29 is 9.21 Å². The van der Waals surface area contributed by atoms with E-state index in [-0.39, 0.29) is 11.8 Å². The number of anilines is 1. The predicted molar refractivity (Wildman–Crippen MR) is 98.0 cm³/mol. The average molecular weight is 335 g/mol. The van der Waals surface area contributed by atoms with Crippen LogP contribution in [0.2, 0.25) is 0 Å². The van der Waals surface area contributed by atoms with Crippen LogP contribution in [-0.4, -0.2) is 16.1 Å². The number of nitrogens with one attached hydrogen (secondary N) is 1. The number of aryl methyl sites for hydroxylation is 1. The van der Waals surface area contributed by atoms with Crippen molar-refractivity contribution >= 4 is 11.6 Å². The van der Waals surface area contributed by atoms with E-state index in [2.05, 4.69) is 15.5 Å². The monoisotopic (exact) mass is 335 g/mol. The van der Waals surface area contributed by atoms with Gasteiger partial charge in [-0.15, -0.1) is 10.2 Å². The average Bonchev–Trinajstić information content (AvgIpc) is 3.11. The number of benzene rings is 2. The van der Waals surface area contributed by atoms with Gasteiger partial charge in [0.2, 0.25) is 17.7 Å². The van der Waals surface area contributed by atoms with Gasteiger partial charge in [0.25, 0.3) is 0 Å². The van der Waals surface area contributed by atoms with Gasteiger partial charge in [-0.1, -0.05) is 32.0 Å². The molecule has 1 N–H and O–H groups in total. The van der Waals surface area contributed by atoms with Gasteiger partial charge in [0.05, 0.1) is 0 Å². The standard InChI is InChI=1S/C20H21N3O2/c1-4-13(2)18(24)21-16-11-9-15(10-12-16)19-22-23-20(25-19)17-8-6-5-7-14(17)3/h5-13H,4H2,1-3H3,(H,21,24)/t13-/m1/s1. The summed E-state index contributed by atoms with van der Waals surface area (Å²) in [7, 11) is 0. The Labute approximate surface area is 147 Å². The molecule has 1 aromatic heterocycles. The minimum absolute atomic E-state index is 0.00714. The topological polar surface area (TPSA) is 68.0 Å². The summed E-state index contributed by atoms with van der Waals surface area (Å²) in [5.74, 6) is 0.975. The van der Waals surface area contributed by atoms with Crippen LogP contribution in [0.5, 0.6) is 0 Å². The van der Waals surface area contributed by atoms with Gasteiger partial charge in [-0.3, -0.25) is 4.79 Å². The molecule has 0 aliphatic rings. The second kappa shape index (κ2) is 7.30. The summed E-state index contributed by atoms with van der Waals surface area (Å²) in [6.45, 7) is 5.91. The number of nitrogens with zero attached hydrogens (tertiary/aromatic N) is 2. The number of carbonyl (C=O) groups excluding carboxylic acids is 1. The Morgan fingerprint density at radius 2 is 1.76 bits per heavy atom. The molecule has 25 heavy (non-hydrogen) atoms. The van der Waals surface area contributed by atoms with Crippen LogP contribution in [0.25, 0.3) is 22.9 Å². The summed E-state index contributed by atoms with van der Waals surface area (Å²) in [5, 5.41) is 11.2. The molecule has 0 unspecified atom stereocenters. The van der Waals surface area contributed by atoms with Crippen LogP contribution in [-0.2, 0) is 4.79 Å². The smallest absolute Gasteiger partial charge is 0.248 e. The fourth-order valence-corrected chi connectivity index (χ4v) is 2.41. The SMILES string of the molecule is CC[C@@H](C)C(=O)Nc1ccc(-c2nnc(-c3ccccc3C)o2)cc1. The first kappa shape index (κ1) is 16.9. The number of carbonyl (C=O) groups is 1. The maximum Gasteiger partial charge on any atom is 0.248 e. The van der Waals surface area contributed by atoms with Crippen LogP contribution in [0, 0.1) is 12.8 Å². The van der Waals surface area contributed by atoms with Gasteiger partial charge in [-0.05, 0) is 49.2 Å². The zero-order chi connectivity index (χ0) is 17.8. The third-order valence-electron chi connectivity index (χ3n) is 4.26. The zero-order valence-corrected chi connectivity index (χ0v) is 14.6. The van der Waals surface area contributed by atoms with Crippen LogP contribution in [0.1, 0.15) is 25.8 Å². The molecule has 0 saturated heterocycles. The van der Waals surface area contributed by atoms with Crippen molar-refractivity contribution in [3.63, 3.8) is 0 Å². The van der Waals surface area contributed by atoms with Crippen LogP contribution < -0.4 is 5.32 Å². The molecule has 3 rings (SSSR count). The minimum atomic E-state index is -0.00714. The maximum atomic E-state index is 11.9. The Morgan fingerprint density at radius 1 is 1.08 bits per heavy atom. The maximum absolute atomic E-state index is 11.9. The fraction of sp³-hybridized carbons (Fsp3) is 0.250. The van der Waals surface area contributed by atoms with Crippen LogP contribution in [0.15, 0.2) is 52.9 Å². The summed E-state index contributed by atoms with van der Waals surface area (Å²) in [6, 6.07) is 15.3. The normalized spacial score (nSPS) is 12.0. The molecule has 0 aliphatic carbocycles. The molecule has 0 saturated carbocycles. The van der Waals surface area contributed by atoms with Crippen molar-refractivity contribution in [2.45, 2.75) is 27.2 Å². The molecule has 0 bridgehead atoms. The van der Waals surface area contributed by atoms with E-state index in [9.17, 15) is 4.79 Å². The molecule has 0 spiro atoms. The number of aromatic nitrogens is 2. The van der Waals surface area contributed by atoms with Gasteiger partial charge < -0.3 is 9.73 Å². The highest BCUT2D eigenvalue weighted by atomic mass is 16.4. The first-order valence-electron chi connectivity index (χ1n) is 8.39. The van der Waals surface area contributed by atoms with Gasteiger partial charge in [0.15, 0.2) is 0 Å². The van der Waals surface area contributed by atoms with E-state index in [0.29, 0.717) is 11.8 Å². The molecule has 1 heterocycles. The Bertz CT molecular complexity index is 869. The zero-order valence-electron chi connectivity index (χ0n) is 14.6. The van der Waals surface area contributed by atoms with Crippen molar-refractivity contribution in [3.8, 4) is 22.9 Å². The van der Waals surface area contributed by atoms with Gasteiger partial charge in [0, 0.05) is 22.7 Å². The molecular formula is C20H21N3O2. The predicted octanol–water partition coefficient (Wildman–Crippen LogP) is 4.70. The van der Waals surface area contributed by atoms with Crippen molar-refractivity contribution in [2.24, 2.45) is 5.92 Å². The molecule has 0 radical (unpaired) electrons. The van der Waals surface area contributed by atoms with E-state index in [1.54, 1.807) is 0 Å². The van der Waals surface area contributed by atoms with E-state index in [1.165, 1.54) is 0 Å². The first-order valence-corrected chi connectivity index (χ1v) is 8.39. The summed E-state index contributed by atoms with van der Waals surface area (Å²) < 4.78 is 5.80.